The zero-order chi connectivity index (χ0) is 17.5. The Morgan fingerprint density at radius 2 is 1.71 bits per heavy atom. The lowest BCUT2D eigenvalue weighted by atomic mass is 10.2. The minimum absolute atomic E-state index is 0.0930. The molecule has 1 aromatic carbocycles. The highest BCUT2D eigenvalue weighted by Crippen LogP contribution is 2.11. The summed E-state index contributed by atoms with van der Waals surface area (Å²) in [4.78, 5) is 38.0. The molecule has 24 heavy (non-hydrogen) atoms. The van der Waals surface area contributed by atoms with Crippen molar-refractivity contribution in [2.75, 3.05) is 22.1 Å². The molecule has 0 fully saturated rings. The summed E-state index contributed by atoms with van der Waals surface area (Å²) in [6, 6.07) is 5.55. The molecular formula is C14H13N3O5S2. The molecule has 1 aromatic heterocycles. The van der Waals surface area contributed by atoms with Crippen molar-refractivity contribution in [3.8, 4) is 0 Å². The highest BCUT2D eigenvalue weighted by atomic mass is 32.2. The Labute approximate surface area is 143 Å². The summed E-state index contributed by atoms with van der Waals surface area (Å²) < 4.78 is 11.8. The lowest BCUT2D eigenvalue weighted by Gasteiger charge is -2.06. The fourth-order valence-electron chi connectivity index (χ4n) is 1.68. The molecule has 10 heteroatoms. The normalized spacial score (nSPS) is 11.5. The van der Waals surface area contributed by atoms with E-state index in [1.165, 1.54) is 41.8 Å². The van der Waals surface area contributed by atoms with Gasteiger partial charge in [-0.25, -0.2) is 9.78 Å². The molecule has 2 aromatic rings. The number of hydrogen-bond acceptors (Lipinski definition) is 6. The van der Waals surface area contributed by atoms with E-state index in [-0.39, 0.29) is 17.1 Å². The van der Waals surface area contributed by atoms with E-state index in [2.05, 4.69) is 15.6 Å². The van der Waals surface area contributed by atoms with Crippen molar-refractivity contribution >= 4 is 50.7 Å². The van der Waals surface area contributed by atoms with E-state index in [1.54, 1.807) is 5.38 Å². The van der Waals surface area contributed by atoms with Crippen LogP contribution in [0.25, 0.3) is 0 Å². The van der Waals surface area contributed by atoms with Gasteiger partial charge >= 0.3 is 5.97 Å². The molecule has 0 bridgehead atoms. The maximum atomic E-state index is 11.8. The van der Waals surface area contributed by atoms with E-state index >= 15 is 0 Å². The second-order valence-corrected chi connectivity index (χ2v) is 6.90. The Hall–Kier alpha value is -2.59. The Morgan fingerprint density at radius 3 is 2.25 bits per heavy atom. The van der Waals surface area contributed by atoms with E-state index in [9.17, 15) is 18.6 Å². The second kappa shape index (κ2) is 8.31. The van der Waals surface area contributed by atoms with Crippen molar-refractivity contribution in [3.05, 3.63) is 41.4 Å². The average molecular weight is 367 g/mol. The van der Waals surface area contributed by atoms with Crippen LogP contribution in [0.2, 0.25) is 0 Å². The number of thiazole rings is 1. The number of nitrogens with zero attached hydrogens (tertiary/aromatic N) is 1. The van der Waals surface area contributed by atoms with Crippen molar-refractivity contribution in [2.45, 2.75) is 0 Å². The number of benzene rings is 1. The van der Waals surface area contributed by atoms with Gasteiger partial charge in [0, 0.05) is 28.1 Å². The summed E-state index contributed by atoms with van der Waals surface area (Å²) in [5.41, 5.74) is 0.477. The second-order valence-electron chi connectivity index (χ2n) is 4.54. The number of carbonyl (C=O) groups is 3. The van der Waals surface area contributed by atoms with Gasteiger partial charge in [-0.05, 0) is 24.3 Å². The summed E-state index contributed by atoms with van der Waals surface area (Å²) >= 11 is 1.23. The van der Waals surface area contributed by atoms with Crippen molar-refractivity contribution in [2.24, 2.45) is 0 Å². The third-order valence-electron chi connectivity index (χ3n) is 2.68. The quantitative estimate of drug-likeness (QED) is 0.674. The maximum Gasteiger partial charge on any atom is 0.335 e. The molecule has 0 saturated carbocycles. The zero-order valence-electron chi connectivity index (χ0n) is 12.2. The smallest absolute Gasteiger partial charge is 0.335 e. The summed E-state index contributed by atoms with van der Waals surface area (Å²) in [5, 5.41) is 15.8. The molecule has 0 saturated heterocycles. The van der Waals surface area contributed by atoms with Crippen LogP contribution in [0, 0.1) is 0 Å². The number of aromatic carboxylic acids is 1. The number of amides is 2. The molecule has 1 unspecified atom stereocenters. The molecule has 0 aliphatic heterocycles. The summed E-state index contributed by atoms with van der Waals surface area (Å²) in [6.45, 7) is 0. The molecule has 1 heterocycles. The molecule has 126 valence electrons. The van der Waals surface area contributed by atoms with E-state index in [0.29, 0.717) is 10.8 Å². The highest BCUT2D eigenvalue weighted by Gasteiger charge is 2.14. The van der Waals surface area contributed by atoms with E-state index in [4.69, 9.17) is 5.11 Å². The highest BCUT2D eigenvalue weighted by molar-refractivity contribution is 7.86. The SMILES string of the molecule is O=C(CS(=O)CC(=O)Nc1nccs1)Nc1ccc(C(=O)O)cc1. The predicted octanol–water partition coefficient (Wildman–Crippen LogP) is 1.17. The first-order valence-corrected chi connectivity index (χ1v) is 8.98. The molecular weight excluding hydrogens is 354 g/mol. The van der Waals surface area contributed by atoms with E-state index in [1.807, 2.05) is 0 Å². The fourth-order valence-corrected chi connectivity index (χ4v) is 3.05. The standard InChI is InChI=1S/C14H13N3O5S2/c18-11(16-10-3-1-9(2-4-10)13(20)21)7-24(22)8-12(19)17-14-15-5-6-23-14/h1-6H,7-8H2,(H,16,18)(H,20,21)(H,15,17,19). The monoisotopic (exact) mass is 367 g/mol. The summed E-state index contributed by atoms with van der Waals surface area (Å²) in [5.74, 6) is -2.74. The van der Waals surface area contributed by atoms with Gasteiger partial charge in [-0.3, -0.25) is 13.8 Å². The van der Waals surface area contributed by atoms with Crippen LogP contribution in [0.3, 0.4) is 0 Å². The van der Waals surface area contributed by atoms with Gasteiger partial charge in [-0.15, -0.1) is 11.3 Å². The van der Waals surface area contributed by atoms with E-state index in [0.717, 1.165) is 0 Å². The third-order valence-corrected chi connectivity index (χ3v) is 4.54. The molecule has 3 N–H and O–H groups in total. The first kappa shape index (κ1) is 17.8. The Morgan fingerprint density at radius 1 is 1.08 bits per heavy atom. The van der Waals surface area contributed by atoms with Crippen LogP contribution >= 0.6 is 11.3 Å². The minimum Gasteiger partial charge on any atom is -0.478 e. The summed E-state index contributed by atoms with van der Waals surface area (Å²) in [7, 11) is -1.67. The van der Waals surface area contributed by atoms with Gasteiger partial charge in [0.1, 0.15) is 11.5 Å². The van der Waals surface area contributed by atoms with Crippen LogP contribution in [-0.4, -0.2) is 43.6 Å². The maximum absolute atomic E-state index is 11.8. The van der Waals surface area contributed by atoms with Gasteiger partial charge < -0.3 is 15.7 Å². The Balaban J connectivity index is 1.79. The third kappa shape index (κ3) is 5.56. The molecule has 8 nitrogen and oxygen atoms in total. The van der Waals surface area contributed by atoms with Crippen LogP contribution < -0.4 is 10.6 Å². The van der Waals surface area contributed by atoms with Gasteiger partial charge in [-0.2, -0.15) is 0 Å². The van der Waals surface area contributed by atoms with Gasteiger partial charge in [0.25, 0.3) is 0 Å². The largest absolute Gasteiger partial charge is 0.478 e. The number of aromatic nitrogens is 1. The predicted molar refractivity (Wildman–Crippen MR) is 90.7 cm³/mol. The lowest BCUT2D eigenvalue weighted by molar-refractivity contribution is -0.114. The lowest BCUT2D eigenvalue weighted by Crippen LogP contribution is -2.26. The van der Waals surface area contributed by atoms with Crippen LogP contribution in [0.5, 0.6) is 0 Å². The molecule has 0 aliphatic carbocycles. The number of hydrogen-bond donors (Lipinski definition) is 3. The Bertz CT molecular complexity index is 759. The first-order valence-electron chi connectivity index (χ1n) is 6.61. The van der Waals surface area contributed by atoms with Crippen LogP contribution in [-0.2, 0) is 20.4 Å². The van der Waals surface area contributed by atoms with Gasteiger partial charge in [0.05, 0.1) is 5.56 Å². The van der Waals surface area contributed by atoms with Crippen molar-refractivity contribution in [3.63, 3.8) is 0 Å². The van der Waals surface area contributed by atoms with E-state index < -0.39 is 28.6 Å². The number of carboxylic acid groups (broad SMARTS) is 1. The number of nitrogens with one attached hydrogen (secondary N) is 2. The Kier molecular flexibility index (Phi) is 6.15. The topological polar surface area (TPSA) is 125 Å². The van der Waals surface area contributed by atoms with Crippen molar-refractivity contribution in [1.82, 2.24) is 4.98 Å². The molecule has 0 spiro atoms. The zero-order valence-corrected chi connectivity index (χ0v) is 13.9. The number of rotatable bonds is 7. The van der Waals surface area contributed by atoms with Crippen LogP contribution in [0.1, 0.15) is 10.4 Å². The first-order chi connectivity index (χ1) is 11.4. The van der Waals surface area contributed by atoms with Crippen molar-refractivity contribution < 1.29 is 23.7 Å². The van der Waals surface area contributed by atoms with Gasteiger partial charge in [0.15, 0.2) is 5.13 Å². The minimum atomic E-state index is -1.67. The molecule has 2 rings (SSSR count). The van der Waals surface area contributed by atoms with Crippen LogP contribution in [0.4, 0.5) is 10.8 Å². The van der Waals surface area contributed by atoms with Crippen molar-refractivity contribution in [1.29, 1.82) is 0 Å². The number of carboxylic acids is 1. The molecule has 0 radical (unpaired) electrons. The van der Waals surface area contributed by atoms with Gasteiger partial charge in [-0.1, -0.05) is 0 Å². The average Bonchev–Trinajstić information content (AvgIpc) is 2.99. The number of carbonyl (C=O) groups excluding carboxylic acids is 2. The number of anilines is 2. The molecule has 2 amide bonds. The summed E-state index contributed by atoms with van der Waals surface area (Å²) in [6.07, 6.45) is 1.53. The molecule has 0 aliphatic rings. The van der Waals surface area contributed by atoms with Gasteiger partial charge in [0.2, 0.25) is 11.8 Å². The van der Waals surface area contributed by atoms with Crippen LogP contribution in [0.15, 0.2) is 35.8 Å². The fraction of sp³-hybridized carbons (Fsp3) is 0.143. The molecule has 1 atom stereocenters.